The van der Waals surface area contributed by atoms with Gasteiger partial charge in [-0.1, -0.05) is 15.9 Å². The lowest BCUT2D eigenvalue weighted by Gasteiger charge is -2.32. The van der Waals surface area contributed by atoms with Gasteiger partial charge in [-0.15, -0.1) is 0 Å². The first-order valence-corrected chi connectivity index (χ1v) is 7.75. The largest absolute Gasteiger partial charge is 0.338 e. The molecule has 0 N–H and O–H groups in total. The number of likely N-dealkylation sites (tertiary alicyclic amines) is 1. The molecule has 1 amide bonds. The molecule has 0 spiro atoms. The van der Waals surface area contributed by atoms with E-state index in [1.807, 2.05) is 4.90 Å². The number of alkyl halides is 1. The van der Waals surface area contributed by atoms with E-state index in [9.17, 15) is 14.9 Å². The van der Waals surface area contributed by atoms with Gasteiger partial charge in [-0.25, -0.2) is 0 Å². The highest BCUT2D eigenvalue weighted by Gasteiger charge is 2.25. The molecule has 0 aliphatic carbocycles. The van der Waals surface area contributed by atoms with Gasteiger partial charge in [-0.05, 0) is 37.3 Å². The van der Waals surface area contributed by atoms with Gasteiger partial charge in [0.05, 0.1) is 4.92 Å². The molecule has 0 saturated carbocycles. The third-order valence-electron chi connectivity index (χ3n) is 3.68. The Bertz CT molecular complexity index is 533. The molecule has 1 unspecified atom stereocenters. The molecule has 1 atom stereocenters. The predicted molar refractivity (Wildman–Crippen MR) is 80.3 cm³/mol. The minimum atomic E-state index is -0.441. The topological polar surface area (TPSA) is 63.5 Å². The van der Waals surface area contributed by atoms with Crippen molar-refractivity contribution in [3.63, 3.8) is 0 Å². The number of hydrogen-bond acceptors (Lipinski definition) is 3. The Morgan fingerprint density at radius 3 is 2.90 bits per heavy atom. The van der Waals surface area contributed by atoms with Crippen molar-refractivity contribution in [2.45, 2.75) is 19.8 Å². The highest BCUT2D eigenvalue weighted by molar-refractivity contribution is 9.09. The summed E-state index contributed by atoms with van der Waals surface area (Å²) in [5.41, 5.74) is 1.24. The summed E-state index contributed by atoms with van der Waals surface area (Å²) in [4.78, 5) is 24.6. The number of halogens is 1. The zero-order valence-electron chi connectivity index (χ0n) is 11.3. The smallest absolute Gasteiger partial charge is 0.269 e. The highest BCUT2D eigenvalue weighted by Crippen LogP contribution is 2.23. The third kappa shape index (κ3) is 3.17. The van der Waals surface area contributed by atoms with Crippen molar-refractivity contribution in [2.75, 3.05) is 18.4 Å². The average Bonchev–Trinajstić information content (AvgIpc) is 2.46. The van der Waals surface area contributed by atoms with Crippen molar-refractivity contribution in [1.82, 2.24) is 4.90 Å². The molecule has 0 radical (unpaired) electrons. The van der Waals surface area contributed by atoms with Crippen LogP contribution in [0.2, 0.25) is 0 Å². The third-order valence-corrected chi connectivity index (χ3v) is 4.59. The van der Waals surface area contributed by atoms with Gasteiger partial charge in [-0.2, -0.15) is 0 Å². The molecule has 1 heterocycles. The maximum Gasteiger partial charge on any atom is 0.269 e. The molecule has 0 aromatic heterocycles. The second-order valence-corrected chi connectivity index (χ2v) is 5.82. The number of nitro groups is 1. The summed E-state index contributed by atoms with van der Waals surface area (Å²) in [7, 11) is 0. The molecule has 5 nitrogen and oxygen atoms in total. The van der Waals surface area contributed by atoms with Crippen molar-refractivity contribution in [2.24, 2.45) is 5.92 Å². The molecule has 0 bridgehead atoms. The van der Waals surface area contributed by atoms with Crippen molar-refractivity contribution in [3.05, 3.63) is 39.4 Å². The Kier molecular flexibility index (Phi) is 4.75. The number of nitrogens with zero attached hydrogens (tertiary/aromatic N) is 2. The second-order valence-electron chi connectivity index (χ2n) is 5.17. The molecule has 1 aliphatic heterocycles. The van der Waals surface area contributed by atoms with Crippen LogP contribution in [0.5, 0.6) is 0 Å². The number of piperidine rings is 1. The normalized spacial score (nSPS) is 18.9. The number of non-ortho nitro benzene ring substituents is 1. The number of benzene rings is 1. The molecule has 6 heteroatoms. The SMILES string of the molecule is Cc1cc([N+](=O)[O-])ccc1C(=O)N1CCCC(CBr)C1. The van der Waals surface area contributed by atoms with E-state index in [-0.39, 0.29) is 11.6 Å². The first-order valence-electron chi connectivity index (χ1n) is 6.63. The van der Waals surface area contributed by atoms with Crippen molar-refractivity contribution in [1.29, 1.82) is 0 Å². The zero-order chi connectivity index (χ0) is 14.7. The summed E-state index contributed by atoms with van der Waals surface area (Å²) in [5, 5.41) is 11.6. The van der Waals surface area contributed by atoms with Crippen LogP contribution in [0.3, 0.4) is 0 Å². The number of rotatable bonds is 3. The quantitative estimate of drug-likeness (QED) is 0.482. The summed E-state index contributed by atoms with van der Waals surface area (Å²) in [6.45, 7) is 3.26. The number of aryl methyl sites for hydroxylation is 1. The summed E-state index contributed by atoms with van der Waals surface area (Å²) in [5.74, 6) is 0.467. The molecule has 1 fully saturated rings. The Labute approximate surface area is 126 Å². The van der Waals surface area contributed by atoms with E-state index in [1.165, 1.54) is 12.1 Å². The maximum absolute atomic E-state index is 12.5. The number of amides is 1. The number of nitro benzene ring substituents is 1. The summed E-state index contributed by atoms with van der Waals surface area (Å²) >= 11 is 3.47. The second kappa shape index (κ2) is 6.35. The van der Waals surface area contributed by atoms with E-state index < -0.39 is 4.92 Å². The zero-order valence-corrected chi connectivity index (χ0v) is 12.9. The van der Waals surface area contributed by atoms with Gasteiger partial charge in [0.25, 0.3) is 11.6 Å². The van der Waals surface area contributed by atoms with Crippen LogP contribution < -0.4 is 0 Å². The van der Waals surface area contributed by atoms with Crippen LogP contribution in [0.4, 0.5) is 5.69 Å². The van der Waals surface area contributed by atoms with Crippen LogP contribution in [0, 0.1) is 23.0 Å². The van der Waals surface area contributed by atoms with Gasteiger partial charge in [0.15, 0.2) is 0 Å². The van der Waals surface area contributed by atoms with Crippen molar-refractivity contribution >= 4 is 27.5 Å². The lowest BCUT2D eigenvalue weighted by molar-refractivity contribution is -0.384. The number of carbonyl (C=O) groups is 1. The molecule has 1 aromatic rings. The molecule has 108 valence electrons. The van der Waals surface area contributed by atoms with Gasteiger partial charge in [-0.3, -0.25) is 14.9 Å². The van der Waals surface area contributed by atoms with Gasteiger partial charge in [0, 0.05) is 36.1 Å². The standard InChI is InChI=1S/C14H17BrN2O3/c1-10-7-12(17(19)20)4-5-13(10)14(18)16-6-2-3-11(8-15)9-16/h4-5,7,11H,2-3,6,8-9H2,1H3. The van der Waals surface area contributed by atoms with E-state index in [2.05, 4.69) is 15.9 Å². The summed E-state index contributed by atoms with van der Waals surface area (Å²) in [6.07, 6.45) is 2.14. The van der Waals surface area contributed by atoms with Crippen LogP contribution in [-0.4, -0.2) is 34.2 Å². The molecular formula is C14H17BrN2O3. The molecule has 1 saturated heterocycles. The molecule has 2 rings (SSSR count). The minimum Gasteiger partial charge on any atom is -0.338 e. The molecule has 20 heavy (non-hydrogen) atoms. The first kappa shape index (κ1) is 15.0. The van der Waals surface area contributed by atoms with Crippen LogP contribution >= 0.6 is 15.9 Å². The van der Waals surface area contributed by atoms with Gasteiger partial charge in [0.1, 0.15) is 0 Å². The molecule has 1 aliphatic rings. The number of hydrogen-bond donors (Lipinski definition) is 0. The van der Waals surface area contributed by atoms with E-state index in [1.54, 1.807) is 13.0 Å². The lowest BCUT2D eigenvalue weighted by Crippen LogP contribution is -2.40. The lowest BCUT2D eigenvalue weighted by atomic mass is 9.98. The molecule has 1 aromatic carbocycles. The van der Waals surface area contributed by atoms with Crippen molar-refractivity contribution in [3.8, 4) is 0 Å². The van der Waals surface area contributed by atoms with Gasteiger partial charge >= 0.3 is 0 Å². The monoisotopic (exact) mass is 340 g/mol. The fraction of sp³-hybridized carbons (Fsp3) is 0.500. The van der Waals surface area contributed by atoms with E-state index >= 15 is 0 Å². The Hall–Kier alpha value is -1.43. The van der Waals surface area contributed by atoms with Gasteiger partial charge in [0.2, 0.25) is 0 Å². The Morgan fingerprint density at radius 2 is 2.30 bits per heavy atom. The first-order chi connectivity index (χ1) is 9.52. The average molecular weight is 341 g/mol. The van der Waals surface area contributed by atoms with Crippen LogP contribution in [0.25, 0.3) is 0 Å². The highest BCUT2D eigenvalue weighted by atomic mass is 79.9. The van der Waals surface area contributed by atoms with E-state index in [0.717, 1.165) is 31.3 Å². The van der Waals surface area contributed by atoms with Crippen LogP contribution in [-0.2, 0) is 0 Å². The summed E-state index contributed by atoms with van der Waals surface area (Å²) in [6, 6.07) is 4.42. The van der Waals surface area contributed by atoms with E-state index in [0.29, 0.717) is 17.0 Å². The maximum atomic E-state index is 12.5. The fourth-order valence-electron chi connectivity index (χ4n) is 2.55. The Morgan fingerprint density at radius 1 is 1.55 bits per heavy atom. The number of carbonyl (C=O) groups excluding carboxylic acids is 1. The fourth-order valence-corrected chi connectivity index (χ4v) is 3.08. The van der Waals surface area contributed by atoms with E-state index in [4.69, 9.17) is 0 Å². The van der Waals surface area contributed by atoms with Gasteiger partial charge < -0.3 is 4.90 Å². The minimum absolute atomic E-state index is 0.0241. The molecular weight excluding hydrogens is 324 g/mol. The summed E-state index contributed by atoms with van der Waals surface area (Å²) < 4.78 is 0. The van der Waals surface area contributed by atoms with Crippen LogP contribution in [0.1, 0.15) is 28.8 Å². The van der Waals surface area contributed by atoms with Crippen LogP contribution in [0.15, 0.2) is 18.2 Å². The predicted octanol–water partition coefficient (Wildman–Crippen LogP) is 3.15. The van der Waals surface area contributed by atoms with Crippen molar-refractivity contribution < 1.29 is 9.72 Å². The Balaban J connectivity index is 2.18.